The molecule has 1 aromatic rings. The van der Waals surface area contributed by atoms with E-state index in [1.54, 1.807) is 0 Å². The van der Waals surface area contributed by atoms with Crippen molar-refractivity contribution in [1.82, 2.24) is 0 Å². The molecule has 3 nitrogen and oxygen atoms in total. The van der Waals surface area contributed by atoms with Crippen molar-refractivity contribution in [1.29, 1.82) is 0 Å². The zero-order valence-electron chi connectivity index (χ0n) is 10.1. The number of nitrogens with one attached hydrogen (secondary N) is 1. The van der Waals surface area contributed by atoms with Gasteiger partial charge >= 0.3 is 0 Å². The Labute approximate surface area is 99.9 Å². The third-order valence-electron chi connectivity index (χ3n) is 2.36. The molecule has 1 N–H and O–H groups in total. The van der Waals surface area contributed by atoms with Gasteiger partial charge < -0.3 is 5.32 Å². The van der Waals surface area contributed by atoms with Crippen molar-refractivity contribution < 1.29 is 9.59 Å². The first-order valence-electron chi connectivity index (χ1n) is 5.38. The van der Waals surface area contributed by atoms with Gasteiger partial charge in [0.25, 0.3) is 0 Å². The smallest absolute Gasteiger partial charge is 0.221 e. The van der Waals surface area contributed by atoms with Crippen LogP contribution in [0.15, 0.2) is 0 Å². The summed E-state index contributed by atoms with van der Waals surface area (Å²) in [5.74, 6) is -0.119. The highest BCUT2D eigenvalue weighted by atomic mass is 32.1. The highest BCUT2D eigenvalue weighted by molar-refractivity contribution is 7.17. The van der Waals surface area contributed by atoms with E-state index in [1.165, 1.54) is 30.1 Å². The number of rotatable bonds is 4. The van der Waals surface area contributed by atoms with Crippen LogP contribution in [0.2, 0.25) is 0 Å². The lowest BCUT2D eigenvalue weighted by atomic mass is 10.1. The molecule has 0 saturated carbocycles. The van der Waals surface area contributed by atoms with Crippen LogP contribution >= 0.6 is 11.3 Å². The molecule has 1 aromatic heterocycles. The van der Waals surface area contributed by atoms with Crippen LogP contribution in [0.1, 0.15) is 48.0 Å². The zero-order chi connectivity index (χ0) is 12.3. The van der Waals surface area contributed by atoms with E-state index >= 15 is 0 Å². The number of hydrogen-bond donors (Lipinski definition) is 1. The molecule has 1 heterocycles. The second-order valence-corrected chi connectivity index (χ2v) is 4.95. The van der Waals surface area contributed by atoms with E-state index in [0.29, 0.717) is 10.6 Å². The zero-order valence-corrected chi connectivity index (χ0v) is 11.0. The lowest BCUT2D eigenvalue weighted by Gasteiger charge is -2.01. The molecule has 0 aliphatic rings. The van der Waals surface area contributed by atoms with E-state index in [2.05, 4.69) is 12.2 Å². The van der Waals surface area contributed by atoms with E-state index in [-0.39, 0.29) is 11.7 Å². The van der Waals surface area contributed by atoms with E-state index < -0.39 is 0 Å². The Morgan fingerprint density at radius 3 is 2.38 bits per heavy atom. The molecule has 0 atom stereocenters. The van der Waals surface area contributed by atoms with Crippen LogP contribution in [0.4, 0.5) is 5.00 Å². The molecule has 0 unspecified atom stereocenters. The van der Waals surface area contributed by atoms with Crippen molar-refractivity contribution in [2.75, 3.05) is 5.32 Å². The van der Waals surface area contributed by atoms with Gasteiger partial charge in [0.2, 0.25) is 5.91 Å². The second kappa shape index (κ2) is 5.25. The first-order valence-corrected chi connectivity index (χ1v) is 6.19. The summed E-state index contributed by atoms with van der Waals surface area (Å²) in [7, 11) is 0. The number of carbonyl (C=O) groups is 2. The summed E-state index contributed by atoms with van der Waals surface area (Å²) in [6, 6.07) is 0. The SMILES string of the molecule is CCCc1sc(NC(C)=O)c(C(C)=O)c1C. The van der Waals surface area contributed by atoms with Crippen LogP contribution < -0.4 is 5.32 Å². The molecule has 0 spiro atoms. The fraction of sp³-hybridized carbons (Fsp3) is 0.500. The molecule has 1 amide bonds. The lowest BCUT2D eigenvalue weighted by molar-refractivity contribution is -0.114. The summed E-state index contributed by atoms with van der Waals surface area (Å²) in [6.45, 7) is 7.04. The molecule has 16 heavy (non-hydrogen) atoms. The third-order valence-corrected chi connectivity index (χ3v) is 3.63. The van der Waals surface area contributed by atoms with Gasteiger partial charge in [-0.25, -0.2) is 0 Å². The van der Waals surface area contributed by atoms with E-state index in [1.807, 2.05) is 6.92 Å². The minimum atomic E-state index is -0.133. The molecule has 1 rings (SSSR count). The molecular formula is C12H17NO2S. The number of ketones is 1. The average molecular weight is 239 g/mol. The summed E-state index contributed by atoms with van der Waals surface area (Å²) in [5.41, 5.74) is 1.69. The van der Waals surface area contributed by atoms with Gasteiger partial charge in [-0.2, -0.15) is 0 Å². The predicted octanol–water partition coefficient (Wildman–Crippen LogP) is 3.17. The molecule has 0 aliphatic carbocycles. The minimum absolute atomic E-state index is 0.0138. The van der Waals surface area contributed by atoms with Gasteiger partial charge in [0, 0.05) is 11.8 Å². The Hall–Kier alpha value is -1.16. The Balaban J connectivity index is 3.19. The topological polar surface area (TPSA) is 46.2 Å². The van der Waals surface area contributed by atoms with Gasteiger partial charge in [0.1, 0.15) is 5.00 Å². The first kappa shape index (κ1) is 12.9. The maximum absolute atomic E-state index is 11.5. The standard InChI is InChI=1S/C12H17NO2S/c1-5-6-10-7(2)11(8(3)14)12(16-10)13-9(4)15/h5-6H2,1-4H3,(H,13,15). The van der Waals surface area contributed by atoms with Gasteiger partial charge in [0.15, 0.2) is 5.78 Å². The Kier molecular flexibility index (Phi) is 4.24. The normalized spacial score (nSPS) is 10.2. The van der Waals surface area contributed by atoms with Crippen LogP contribution in [0.3, 0.4) is 0 Å². The summed E-state index contributed by atoms with van der Waals surface area (Å²) in [6.07, 6.45) is 1.99. The fourth-order valence-electron chi connectivity index (χ4n) is 1.70. The molecule has 88 valence electrons. The van der Waals surface area contributed by atoms with Crippen molar-refractivity contribution in [3.8, 4) is 0 Å². The number of anilines is 1. The van der Waals surface area contributed by atoms with Crippen molar-refractivity contribution in [3.63, 3.8) is 0 Å². The van der Waals surface area contributed by atoms with Crippen LogP contribution in [0.25, 0.3) is 0 Å². The largest absolute Gasteiger partial charge is 0.317 e. The Morgan fingerprint density at radius 1 is 1.31 bits per heavy atom. The molecule has 0 radical (unpaired) electrons. The van der Waals surface area contributed by atoms with Gasteiger partial charge in [-0.1, -0.05) is 13.3 Å². The highest BCUT2D eigenvalue weighted by Crippen LogP contribution is 2.34. The molecule has 0 aliphatic heterocycles. The number of Topliss-reactive ketones (excluding diaryl/α,β-unsaturated/α-hetero) is 1. The van der Waals surface area contributed by atoms with E-state index in [0.717, 1.165) is 18.4 Å². The van der Waals surface area contributed by atoms with Gasteiger partial charge in [-0.3, -0.25) is 9.59 Å². The molecule has 0 saturated heterocycles. The fourth-order valence-corrected chi connectivity index (χ4v) is 3.10. The van der Waals surface area contributed by atoms with Gasteiger partial charge in [-0.05, 0) is 25.8 Å². The van der Waals surface area contributed by atoms with Gasteiger partial charge in [0.05, 0.1) is 5.56 Å². The number of hydrogen-bond acceptors (Lipinski definition) is 3. The van der Waals surface area contributed by atoms with Crippen molar-refractivity contribution in [3.05, 3.63) is 16.0 Å². The Morgan fingerprint density at radius 2 is 1.94 bits per heavy atom. The van der Waals surface area contributed by atoms with E-state index in [4.69, 9.17) is 0 Å². The first-order chi connectivity index (χ1) is 7.47. The molecular weight excluding hydrogens is 222 g/mol. The van der Waals surface area contributed by atoms with Crippen LogP contribution in [-0.2, 0) is 11.2 Å². The third kappa shape index (κ3) is 2.70. The van der Waals surface area contributed by atoms with Crippen LogP contribution in [0, 0.1) is 6.92 Å². The Bertz CT molecular complexity index is 421. The summed E-state index contributed by atoms with van der Waals surface area (Å²) < 4.78 is 0. The van der Waals surface area contributed by atoms with Crippen molar-refractivity contribution >= 4 is 28.0 Å². The van der Waals surface area contributed by atoms with Crippen molar-refractivity contribution in [2.45, 2.75) is 40.5 Å². The van der Waals surface area contributed by atoms with E-state index in [9.17, 15) is 9.59 Å². The van der Waals surface area contributed by atoms with Crippen molar-refractivity contribution in [2.24, 2.45) is 0 Å². The quantitative estimate of drug-likeness (QED) is 0.820. The number of carbonyl (C=O) groups excluding carboxylic acids is 2. The summed E-state index contributed by atoms with van der Waals surface area (Å²) in [5, 5.41) is 3.43. The average Bonchev–Trinajstić information content (AvgIpc) is 2.42. The number of amides is 1. The maximum atomic E-state index is 11.5. The second-order valence-electron chi connectivity index (χ2n) is 3.84. The number of aryl methyl sites for hydroxylation is 1. The van der Waals surface area contributed by atoms with Gasteiger partial charge in [-0.15, -0.1) is 11.3 Å². The molecule has 0 fully saturated rings. The molecule has 4 heteroatoms. The highest BCUT2D eigenvalue weighted by Gasteiger charge is 2.18. The van der Waals surface area contributed by atoms with Crippen LogP contribution in [-0.4, -0.2) is 11.7 Å². The summed E-state index contributed by atoms with van der Waals surface area (Å²) >= 11 is 1.51. The molecule has 0 bridgehead atoms. The maximum Gasteiger partial charge on any atom is 0.221 e. The minimum Gasteiger partial charge on any atom is -0.317 e. The lowest BCUT2D eigenvalue weighted by Crippen LogP contribution is -2.07. The summed E-state index contributed by atoms with van der Waals surface area (Å²) in [4.78, 5) is 23.8. The predicted molar refractivity (Wildman–Crippen MR) is 67.4 cm³/mol. The van der Waals surface area contributed by atoms with Crippen LogP contribution in [0.5, 0.6) is 0 Å². The monoisotopic (exact) mass is 239 g/mol. The number of thiophene rings is 1. The molecule has 0 aromatic carbocycles.